The van der Waals surface area contributed by atoms with Crippen LogP contribution in [0, 0.1) is 5.92 Å². The topological polar surface area (TPSA) is 101 Å². The number of hydrogen-bond acceptors (Lipinski definition) is 6. The second-order valence-electron chi connectivity index (χ2n) is 7.73. The van der Waals surface area contributed by atoms with Gasteiger partial charge < -0.3 is 16.0 Å². The van der Waals surface area contributed by atoms with Gasteiger partial charge >= 0.3 is 0 Å². The largest absolute Gasteiger partial charge is 0.381 e. The molecular weight excluding hydrogens is 380 g/mol. The summed E-state index contributed by atoms with van der Waals surface area (Å²) in [4.78, 5) is 23.5. The molecule has 3 N–H and O–H groups in total. The molecule has 2 bridgehead atoms. The number of hydrogen-bond donors (Lipinski definition) is 2. The van der Waals surface area contributed by atoms with E-state index in [0.29, 0.717) is 30.9 Å². The number of nitrogen functional groups attached to an aromatic ring is 1. The second kappa shape index (κ2) is 6.78. The lowest BCUT2D eigenvalue weighted by Gasteiger charge is -2.34. The average Bonchev–Trinajstić information content (AvgIpc) is 3.23. The Kier molecular flexibility index (Phi) is 4.21. The number of carbonyl (C=O) groups is 1. The number of allylic oxidation sites excluding steroid dienone is 1. The molecule has 1 unspecified atom stereocenters. The maximum Gasteiger partial charge on any atom is 0.258 e. The van der Waals surface area contributed by atoms with Gasteiger partial charge in [-0.05, 0) is 18.9 Å². The summed E-state index contributed by atoms with van der Waals surface area (Å²) in [7, 11) is 0. The van der Waals surface area contributed by atoms with Gasteiger partial charge in [-0.3, -0.25) is 9.79 Å². The second-order valence-corrected chi connectivity index (χ2v) is 7.73. The number of nitrogens with one attached hydrogen (secondary N) is 1. The maximum atomic E-state index is 14.5. The average molecular weight is 401 g/mol. The van der Waals surface area contributed by atoms with E-state index in [2.05, 4.69) is 20.4 Å². The van der Waals surface area contributed by atoms with Gasteiger partial charge in [0, 0.05) is 43.3 Å². The first kappa shape index (κ1) is 18.0. The van der Waals surface area contributed by atoms with Crippen molar-refractivity contribution in [2.24, 2.45) is 10.9 Å². The fourth-order valence-electron chi connectivity index (χ4n) is 4.57. The molecule has 3 atom stereocenters. The van der Waals surface area contributed by atoms with Crippen molar-refractivity contribution >= 4 is 28.9 Å². The molecule has 5 heterocycles. The molecule has 8 nitrogen and oxygen atoms in total. The Morgan fingerprint density at radius 2 is 2.21 bits per heavy atom. The fourth-order valence-corrected chi connectivity index (χ4v) is 4.57. The van der Waals surface area contributed by atoms with Crippen LogP contribution in [0.3, 0.4) is 0 Å². The number of nitrogens with two attached hydrogens (primary N) is 1. The van der Waals surface area contributed by atoms with Gasteiger partial charge in [-0.2, -0.15) is 0 Å². The normalized spacial score (nSPS) is 27.3. The Bertz CT molecular complexity index is 1050. The van der Waals surface area contributed by atoms with Crippen LogP contribution in [0.4, 0.5) is 20.4 Å². The highest BCUT2D eigenvalue weighted by Crippen LogP contribution is 2.37. The van der Waals surface area contributed by atoms with Crippen LogP contribution in [0.5, 0.6) is 0 Å². The first-order valence-electron chi connectivity index (χ1n) is 9.76. The van der Waals surface area contributed by atoms with Gasteiger partial charge in [0.25, 0.3) is 5.91 Å². The number of carbonyl (C=O) groups excluding carboxylic acids is 1. The standard InChI is InChI=1S/C19H21F2N7O/c20-10-6-12-13(24-8-10)2-1-4-23-19(29)16-17(22)26-28-5-3-15(25-18(16)28)27-9-11(21)7-14(12)27/h3,5,8,11-12,14H,1-2,4,6-7,9H2,(H2,22,26)(H,23,29)/t11-,12?,14+/m0/s1. The van der Waals surface area contributed by atoms with Gasteiger partial charge in [-0.15, -0.1) is 5.10 Å². The van der Waals surface area contributed by atoms with E-state index in [9.17, 15) is 13.6 Å². The number of halogens is 2. The first-order valence-corrected chi connectivity index (χ1v) is 9.76. The quantitative estimate of drug-likeness (QED) is 0.703. The molecule has 0 saturated carbocycles. The van der Waals surface area contributed by atoms with Crippen LogP contribution in [0.15, 0.2) is 29.3 Å². The third-order valence-corrected chi connectivity index (χ3v) is 5.88. The van der Waals surface area contributed by atoms with Gasteiger partial charge in [-0.25, -0.2) is 18.3 Å². The summed E-state index contributed by atoms with van der Waals surface area (Å²) >= 11 is 0. The van der Waals surface area contributed by atoms with Crippen molar-refractivity contribution in [3.05, 3.63) is 29.9 Å². The zero-order valence-corrected chi connectivity index (χ0v) is 15.7. The Morgan fingerprint density at radius 3 is 3.07 bits per heavy atom. The van der Waals surface area contributed by atoms with Crippen molar-refractivity contribution < 1.29 is 13.6 Å². The lowest BCUT2D eigenvalue weighted by atomic mass is 9.85. The Balaban J connectivity index is 1.64. The van der Waals surface area contributed by atoms with Gasteiger partial charge in [0.1, 0.15) is 23.4 Å². The highest BCUT2D eigenvalue weighted by molar-refractivity contribution is 6.04. The first-order chi connectivity index (χ1) is 14.0. The third-order valence-electron chi connectivity index (χ3n) is 5.88. The van der Waals surface area contributed by atoms with E-state index in [4.69, 9.17) is 5.73 Å². The molecule has 1 saturated heterocycles. The highest BCUT2D eigenvalue weighted by atomic mass is 19.1. The minimum absolute atomic E-state index is 0.0904. The van der Waals surface area contributed by atoms with Gasteiger partial charge in [0.15, 0.2) is 11.5 Å². The predicted molar refractivity (Wildman–Crippen MR) is 104 cm³/mol. The smallest absolute Gasteiger partial charge is 0.258 e. The van der Waals surface area contributed by atoms with E-state index in [-0.39, 0.29) is 54.5 Å². The number of nitrogens with zero attached hydrogens (tertiary/aromatic N) is 5. The predicted octanol–water partition coefficient (Wildman–Crippen LogP) is 2.02. The molecule has 2 aromatic rings. The SMILES string of the molecule is Nc1nn2ccc3nc2c1C(=O)NCCCC1=NC=C(F)CC1[C@H]1C[C@H](F)CN31. The Labute approximate surface area is 165 Å². The van der Waals surface area contributed by atoms with Crippen LogP contribution in [-0.4, -0.2) is 51.5 Å². The Hall–Kier alpha value is -3.04. The van der Waals surface area contributed by atoms with Crippen molar-refractivity contribution in [3.8, 4) is 0 Å². The van der Waals surface area contributed by atoms with E-state index in [0.717, 1.165) is 5.71 Å². The van der Waals surface area contributed by atoms with Crippen LogP contribution < -0.4 is 16.0 Å². The number of aliphatic imine (C=N–C) groups is 1. The van der Waals surface area contributed by atoms with Crippen LogP contribution in [-0.2, 0) is 0 Å². The fraction of sp³-hybridized carbons (Fsp3) is 0.474. The minimum atomic E-state index is -1.04. The van der Waals surface area contributed by atoms with Crippen molar-refractivity contribution in [2.45, 2.75) is 37.9 Å². The van der Waals surface area contributed by atoms with E-state index < -0.39 is 6.17 Å². The number of anilines is 2. The molecule has 3 aliphatic heterocycles. The van der Waals surface area contributed by atoms with E-state index in [1.165, 1.54) is 10.7 Å². The van der Waals surface area contributed by atoms with E-state index >= 15 is 0 Å². The van der Waals surface area contributed by atoms with Crippen LogP contribution >= 0.6 is 0 Å². The van der Waals surface area contributed by atoms with Crippen molar-refractivity contribution in [1.29, 1.82) is 0 Å². The molecule has 152 valence electrons. The summed E-state index contributed by atoms with van der Waals surface area (Å²) in [6.07, 6.45) is 3.58. The number of aromatic nitrogens is 3. The molecule has 2 aromatic heterocycles. The number of amides is 1. The van der Waals surface area contributed by atoms with E-state index in [1.54, 1.807) is 12.3 Å². The number of rotatable bonds is 0. The van der Waals surface area contributed by atoms with Crippen LogP contribution in [0.1, 0.15) is 36.0 Å². The molecule has 0 aromatic carbocycles. The summed E-state index contributed by atoms with van der Waals surface area (Å²) in [6.45, 7) is 0.571. The number of alkyl halides is 1. The molecular formula is C19H21F2N7O. The highest BCUT2D eigenvalue weighted by Gasteiger charge is 2.41. The lowest BCUT2D eigenvalue weighted by Crippen LogP contribution is -2.41. The van der Waals surface area contributed by atoms with Gasteiger partial charge in [-0.1, -0.05) is 0 Å². The minimum Gasteiger partial charge on any atom is -0.381 e. The zero-order valence-electron chi connectivity index (χ0n) is 15.7. The Morgan fingerprint density at radius 1 is 1.34 bits per heavy atom. The van der Waals surface area contributed by atoms with Crippen molar-refractivity contribution in [1.82, 2.24) is 19.9 Å². The maximum absolute atomic E-state index is 14.5. The molecule has 1 amide bonds. The molecule has 10 heteroatoms. The lowest BCUT2D eigenvalue weighted by molar-refractivity contribution is 0.0955. The van der Waals surface area contributed by atoms with Gasteiger partial charge in [0.2, 0.25) is 0 Å². The zero-order chi connectivity index (χ0) is 20.1. The van der Waals surface area contributed by atoms with Gasteiger partial charge in [0.05, 0.1) is 12.7 Å². The van der Waals surface area contributed by atoms with E-state index in [1.807, 2.05) is 4.90 Å². The number of fused-ring (bicyclic) bond motifs is 5. The molecule has 5 rings (SSSR count). The monoisotopic (exact) mass is 401 g/mol. The summed E-state index contributed by atoms with van der Waals surface area (Å²) in [5, 5.41) is 7.00. The summed E-state index contributed by atoms with van der Waals surface area (Å²) in [5.41, 5.74) is 7.33. The summed E-state index contributed by atoms with van der Waals surface area (Å²) < 4.78 is 30.0. The molecule has 3 aliphatic rings. The van der Waals surface area contributed by atoms with Crippen LogP contribution in [0.2, 0.25) is 0 Å². The van der Waals surface area contributed by atoms with Crippen molar-refractivity contribution in [3.63, 3.8) is 0 Å². The molecule has 0 spiro atoms. The van der Waals surface area contributed by atoms with Crippen molar-refractivity contribution in [2.75, 3.05) is 23.7 Å². The third kappa shape index (κ3) is 3.02. The van der Waals surface area contributed by atoms with Crippen LogP contribution in [0.25, 0.3) is 5.65 Å². The summed E-state index contributed by atoms with van der Waals surface area (Å²) in [5.74, 6) is -0.272. The molecule has 29 heavy (non-hydrogen) atoms. The molecule has 1 fully saturated rings. The molecule has 0 radical (unpaired) electrons. The summed E-state index contributed by atoms with van der Waals surface area (Å²) in [6, 6.07) is 1.46. The molecule has 0 aliphatic carbocycles.